The highest BCUT2D eigenvalue weighted by atomic mass is 32.1. The van der Waals surface area contributed by atoms with Crippen molar-refractivity contribution in [1.82, 2.24) is 0 Å². The second-order valence-electron chi connectivity index (χ2n) is 1.27. The van der Waals surface area contributed by atoms with Gasteiger partial charge in [0.2, 0.25) is 0 Å². The van der Waals surface area contributed by atoms with E-state index in [1.807, 2.05) is 0 Å². The molecule has 0 radical (unpaired) electrons. The molecule has 0 bridgehead atoms. The Balaban J connectivity index is 2.68. The van der Waals surface area contributed by atoms with Gasteiger partial charge in [0, 0.05) is 5.38 Å². The van der Waals surface area contributed by atoms with Crippen molar-refractivity contribution in [3.63, 3.8) is 0 Å². The lowest BCUT2D eigenvalue weighted by molar-refractivity contribution is 0.439. The third-order valence-electron chi connectivity index (χ3n) is 0.675. The van der Waals surface area contributed by atoms with E-state index in [9.17, 15) is 9.13 Å². The van der Waals surface area contributed by atoms with Crippen molar-refractivity contribution < 1.29 is 13.7 Å². The van der Waals surface area contributed by atoms with E-state index >= 15 is 0 Å². The zero-order chi connectivity index (χ0) is 6.69. The molecule has 1 heterocycles. The summed E-state index contributed by atoms with van der Waals surface area (Å²) in [5, 5.41) is 3.36. The Kier molecular flexibility index (Phi) is 2.03. The largest absolute Gasteiger partial charge is 0.529 e. The fraction of sp³-hybridized carbons (Fsp3) is 0. The normalized spacial score (nSPS) is 8.89. The molecule has 0 amide bonds. The molecule has 0 N–H and O–H groups in total. The van der Waals surface area contributed by atoms with Crippen molar-refractivity contribution in [2.45, 2.75) is 0 Å². The first-order valence-electron chi connectivity index (χ1n) is 2.13. The predicted molar refractivity (Wildman–Crippen MR) is 33.2 cm³/mol. The molecule has 0 unspecified atom stereocenters. The first kappa shape index (κ1) is 6.52. The van der Waals surface area contributed by atoms with E-state index in [0.717, 1.165) is 0 Å². The van der Waals surface area contributed by atoms with Crippen LogP contribution in [0.4, 0.5) is 0 Å². The van der Waals surface area contributed by atoms with Gasteiger partial charge in [0.1, 0.15) is 5.75 Å². The maximum Gasteiger partial charge on any atom is 0.529 e. The van der Waals surface area contributed by atoms with Gasteiger partial charge in [-0.1, -0.05) is 0 Å². The summed E-state index contributed by atoms with van der Waals surface area (Å²) in [5.41, 5.74) is 0. The van der Waals surface area contributed by atoms with E-state index < -0.39 is 7.91 Å². The molecule has 0 fully saturated rings. The van der Waals surface area contributed by atoms with Gasteiger partial charge in [-0.15, -0.1) is 11.3 Å². The molecule has 0 saturated heterocycles. The van der Waals surface area contributed by atoms with Gasteiger partial charge in [0.25, 0.3) is 0 Å². The smallest absolute Gasteiger partial charge is 0.386 e. The molecule has 1 aromatic heterocycles. The molecule has 0 aliphatic heterocycles. The molecule has 1 aromatic rings. The van der Waals surface area contributed by atoms with Crippen LogP contribution in [0.2, 0.25) is 0 Å². The molecular formula is C4H3O3PS. The Morgan fingerprint density at radius 2 is 2.33 bits per heavy atom. The topological polar surface area (TPSA) is 43.4 Å². The van der Waals surface area contributed by atoms with Crippen LogP contribution in [0.1, 0.15) is 0 Å². The van der Waals surface area contributed by atoms with Crippen LogP contribution in [0.5, 0.6) is 5.75 Å². The van der Waals surface area contributed by atoms with Crippen molar-refractivity contribution in [3.8, 4) is 5.75 Å². The molecule has 0 spiro atoms. The Hall–Kier alpha value is -0.600. The second-order valence-corrected chi connectivity index (χ2v) is 2.68. The van der Waals surface area contributed by atoms with Gasteiger partial charge in [0.15, 0.2) is 0 Å². The molecular weight excluding hydrogens is 159 g/mol. The molecule has 48 valence electrons. The van der Waals surface area contributed by atoms with Crippen LogP contribution in [0.25, 0.3) is 0 Å². The Bertz CT molecular complexity index is 230. The van der Waals surface area contributed by atoms with Gasteiger partial charge >= 0.3 is 7.91 Å². The molecule has 1 rings (SSSR count). The van der Waals surface area contributed by atoms with E-state index in [1.54, 1.807) is 16.8 Å². The molecule has 0 atom stereocenters. The minimum absolute atomic E-state index is 0.385. The van der Waals surface area contributed by atoms with Crippen LogP contribution in [-0.4, -0.2) is 0 Å². The standard InChI is InChI=1S/C4H3O3PS/c5-8(6)7-4-1-2-9-3-4/h1-3H. The van der Waals surface area contributed by atoms with Gasteiger partial charge in [-0.25, -0.2) is 0 Å². The Labute approximate surface area is 56.2 Å². The van der Waals surface area contributed by atoms with E-state index in [2.05, 4.69) is 4.52 Å². The maximum absolute atomic E-state index is 9.89. The quantitative estimate of drug-likeness (QED) is 0.626. The maximum atomic E-state index is 9.89. The van der Waals surface area contributed by atoms with Crippen molar-refractivity contribution >= 4 is 19.2 Å². The summed E-state index contributed by atoms with van der Waals surface area (Å²) in [6, 6.07) is 1.59. The molecule has 5 heteroatoms. The summed E-state index contributed by atoms with van der Waals surface area (Å²) in [7, 11) is -2.74. The summed E-state index contributed by atoms with van der Waals surface area (Å²) >= 11 is 1.39. The molecule has 9 heavy (non-hydrogen) atoms. The summed E-state index contributed by atoms with van der Waals surface area (Å²) < 4.78 is 24.1. The fourth-order valence-corrected chi connectivity index (χ4v) is 1.30. The van der Waals surface area contributed by atoms with Gasteiger partial charge < -0.3 is 4.52 Å². The van der Waals surface area contributed by atoms with Gasteiger partial charge in [-0.3, -0.25) is 0 Å². The molecule has 0 aliphatic rings. The SMILES string of the molecule is O=P(=O)Oc1ccsc1. The van der Waals surface area contributed by atoms with Crippen LogP contribution in [-0.2, 0) is 9.13 Å². The summed E-state index contributed by atoms with van der Waals surface area (Å²) in [6.45, 7) is 0. The van der Waals surface area contributed by atoms with Crippen LogP contribution in [0.15, 0.2) is 16.8 Å². The first-order chi connectivity index (χ1) is 4.29. The lowest BCUT2D eigenvalue weighted by Crippen LogP contribution is -1.67. The van der Waals surface area contributed by atoms with Crippen LogP contribution < -0.4 is 4.52 Å². The van der Waals surface area contributed by atoms with E-state index in [1.165, 1.54) is 11.3 Å². The predicted octanol–water partition coefficient (Wildman–Crippen LogP) is 2.21. The molecule has 0 saturated carbocycles. The number of hydrogen-bond donors (Lipinski definition) is 0. The number of thiophene rings is 1. The highest BCUT2D eigenvalue weighted by molar-refractivity contribution is 7.25. The zero-order valence-electron chi connectivity index (χ0n) is 4.31. The summed E-state index contributed by atoms with van der Waals surface area (Å²) in [6.07, 6.45) is 0. The zero-order valence-corrected chi connectivity index (χ0v) is 6.02. The second kappa shape index (κ2) is 2.80. The molecule has 0 aromatic carbocycles. The van der Waals surface area contributed by atoms with Crippen LogP contribution in [0, 0.1) is 0 Å². The third kappa shape index (κ3) is 2.00. The number of hydrogen-bond acceptors (Lipinski definition) is 4. The monoisotopic (exact) mass is 162 g/mol. The van der Waals surface area contributed by atoms with E-state index in [-0.39, 0.29) is 0 Å². The first-order valence-corrected chi connectivity index (χ1v) is 4.17. The molecule has 3 nitrogen and oxygen atoms in total. The van der Waals surface area contributed by atoms with Crippen molar-refractivity contribution in [1.29, 1.82) is 0 Å². The van der Waals surface area contributed by atoms with E-state index in [0.29, 0.717) is 5.75 Å². The average molecular weight is 162 g/mol. The average Bonchev–Trinajstić information content (AvgIpc) is 2.15. The Morgan fingerprint density at radius 1 is 1.56 bits per heavy atom. The van der Waals surface area contributed by atoms with Gasteiger partial charge in [0.05, 0.1) is 0 Å². The highest BCUT2D eigenvalue weighted by Crippen LogP contribution is 2.20. The lowest BCUT2D eigenvalue weighted by Gasteiger charge is -1.83. The summed E-state index contributed by atoms with van der Waals surface area (Å²) in [5.74, 6) is 0.385. The van der Waals surface area contributed by atoms with Crippen LogP contribution in [0.3, 0.4) is 0 Å². The lowest BCUT2D eigenvalue weighted by atomic mass is 10.6. The third-order valence-corrected chi connectivity index (χ3v) is 1.70. The van der Waals surface area contributed by atoms with Crippen LogP contribution >= 0.6 is 19.2 Å². The Morgan fingerprint density at radius 3 is 2.78 bits per heavy atom. The van der Waals surface area contributed by atoms with Crippen molar-refractivity contribution in [2.75, 3.05) is 0 Å². The van der Waals surface area contributed by atoms with Gasteiger partial charge in [-0.05, 0) is 11.4 Å². The van der Waals surface area contributed by atoms with E-state index in [4.69, 9.17) is 0 Å². The van der Waals surface area contributed by atoms with Crippen molar-refractivity contribution in [2.24, 2.45) is 0 Å². The highest BCUT2D eigenvalue weighted by Gasteiger charge is 1.94. The molecule has 0 aliphatic carbocycles. The minimum Gasteiger partial charge on any atom is -0.386 e. The van der Waals surface area contributed by atoms with Gasteiger partial charge in [-0.2, -0.15) is 9.13 Å². The fourth-order valence-electron chi connectivity index (χ4n) is 0.390. The summed E-state index contributed by atoms with van der Waals surface area (Å²) in [4.78, 5) is 0. The minimum atomic E-state index is -2.74. The van der Waals surface area contributed by atoms with Crippen molar-refractivity contribution in [3.05, 3.63) is 16.8 Å². The number of rotatable bonds is 2.